The SMILES string of the molecule is COc1cc(C(Nc2cc3c(O)[nH]cc3cc2F)C(=O)O)ccc1[C@@H](C)COC(=O)Nc1cccc(CN(C)C(=O)OC(C)(C)C)c1. The lowest BCUT2D eigenvalue weighted by atomic mass is 9.96. The first-order valence-corrected chi connectivity index (χ1v) is 14.8. The fourth-order valence-corrected chi connectivity index (χ4v) is 4.88. The van der Waals surface area contributed by atoms with E-state index < -0.39 is 35.6 Å². The smallest absolute Gasteiger partial charge is 0.411 e. The minimum Gasteiger partial charge on any atom is -0.496 e. The maximum atomic E-state index is 14.8. The van der Waals surface area contributed by atoms with Gasteiger partial charge in [-0.15, -0.1) is 0 Å². The molecule has 250 valence electrons. The van der Waals surface area contributed by atoms with Crippen LogP contribution in [0.15, 0.2) is 60.8 Å². The molecule has 0 aliphatic heterocycles. The minimum absolute atomic E-state index is 0.0192. The van der Waals surface area contributed by atoms with Gasteiger partial charge < -0.3 is 39.6 Å². The number of nitrogens with zero attached hydrogens (tertiary/aromatic N) is 1. The van der Waals surface area contributed by atoms with Gasteiger partial charge in [0.05, 0.1) is 19.4 Å². The number of H-pyrrole nitrogens is 1. The van der Waals surface area contributed by atoms with Crippen LogP contribution in [0.3, 0.4) is 0 Å². The van der Waals surface area contributed by atoms with Crippen molar-refractivity contribution < 1.29 is 43.2 Å². The summed E-state index contributed by atoms with van der Waals surface area (Å²) in [5.41, 5.74) is 1.48. The summed E-state index contributed by atoms with van der Waals surface area (Å²) in [5, 5.41) is 26.1. The quantitative estimate of drug-likeness (QED) is 0.115. The average molecular weight is 651 g/mol. The number of halogens is 1. The zero-order valence-electron chi connectivity index (χ0n) is 27.0. The van der Waals surface area contributed by atoms with Gasteiger partial charge >= 0.3 is 18.2 Å². The fourth-order valence-electron chi connectivity index (χ4n) is 4.88. The van der Waals surface area contributed by atoms with Gasteiger partial charge in [0.25, 0.3) is 0 Å². The maximum Gasteiger partial charge on any atom is 0.411 e. The number of aromatic hydroxyl groups is 1. The van der Waals surface area contributed by atoms with Crippen LogP contribution in [-0.2, 0) is 20.8 Å². The Morgan fingerprint density at radius 1 is 1.09 bits per heavy atom. The first kappa shape index (κ1) is 34.4. The first-order chi connectivity index (χ1) is 22.1. The molecule has 2 atom stereocenters. The van der Waals surface area contributed by atoms with E-state index in [1.165, 1.54) is 36.4 Å². The van der Waals surface area contributed by atoms with Crippen molar-refractivity contribution in [2.45, 2.75) is 51.8 Å². The monoisotopic (exact) mass is 650 g/mol. The molecule has 0 fully saturated rings. The van der Waals surface area contributed by atoms with Gasteiger partial charge in [-0.05, 0) is 62.2 Å². The fraction of sp³-hybridized carbons (Fsp3) is 0.324. The van der Waals surface area contributed by atoms with E-state index in [2.05, 4.69) is 15.6 Å². The number of rotatable bonds is 11. The van der Waals surface area contributed by atoms with Gasteiger partial charge in [0.2, 0.25) is 0 Å². The molecule has 2 amide bonds. The molecule has 0 aliphatic carbocycles. The van der Waals surface area contributed by atoms with Crippen LogP contribution in [0, 0.1) is 5.82 Å². The molecule has 0 saturated carbocycles. The Bertz CT molecular complexity index is 1770. The van der Waals surface area contributed by atoms with E-state index in [0.29, 0.717) is 33.3 Å². The number of carbonyl (C=O) groups excluding carboxylic acids is 2. The second-order valence-corrected chi connectivity index (χ2v) is 12.1. The Labute approximate surface area is 271 Å². The number of anilines is 2. The van der Waals surface area contributed by atoms with Crippen molar-refractivity contribution in [1.29, 1.82) is 0 Å². The van der Waals surface area contributed by atoms with Crippen LogP contribution >= 0.6 is 0 Å². The van der Waals surface area contributed by atoms with E-state index >= 15 is 0 Å². The summed E-state index contributed by atoms with van der Waals surface area (Å²) in [7, 11) is 3.06. The van der Waals surface area contributed by atoms with Crippen molar-refractivity contribution >= 4 is 40.3 Å². The molecule has 0 spiro atoms. The zero-order valence-corrected chi connectivity index (χ0v) is 27.0. The molecule has 0 saturated heterocycles. The van der Waals surface area contributed by atoms with Gasteiger partial charge in [-0.1, -0.05) is 31.2 Å². The number of methoxy groups -OCH3 is 1. The Kier molecular flexibility index (Phi) is 10.5. The van der Waals surface area contributed by atoms with Crippen molar-refractivity contribution in [3.63, 3.8) is 0 Å². The molecule has 0 bridgehead atoms. The van der Waals surface area contributed by atoms with Gasteiger partial charge in [-0.3, -0.25) is 5.32 Å². The van der Waals surface area contributed by atoms with Crippen molar-refractivity contribution in [2.75, 3.05) is 31.4 Å². The normalized spacial score (nSPS) is 12.6. The molecule has 12 nitrogen and oxygen atoms in total. The minimum atomic E-state index is -1.34. The third kappa shape index (κ3) is 8.84. The number of hydrogen-bond acceptors (Lipinski definition) is 8. The van der Waals surface area contributed by atoms with Crippen LogP contribution in [0.1, 0.15) is 56.3 Å². The van der Waals surface area contributed by atoms with Gasteiger partial charge in [0.15, 0.2) is 11.9 Å². The lowest BCUT2D eigenvalue weighted by molar-refractivity contribution is -0.138. The summed E-state index contributed by atoms with van der Waals surface area (Å²) in [4.78, 5) is 41.2. The van der Waals surface area contributed by atoms with E-state index in [-0.39, 0.29) is 30.6 Å². The predicted octanol–water partition coefficient (Wildman–Crippen LogP) is 6.98. The summed E-state index contributed by atoms with van der Waals surface area (Å²) >= 11 is 0. The predicted molar refractivity (Wildman–Crippen MR) is 174 cm³/mol. The van der Waals surface area contributed by atoms with Crippen LogP contribution in [0.25, 0.3) is 10.8 Å². The standard InChI is InChI=1S/C34H39FN4O8/c1-19(18-46-32(43)37-23-9-7-8-20(12-23)17-39(5)33(44)47-34(2,3)4)24-11-10-21(14-28(24)45-6)29(31(41)42)38-27-15-25-22(13-26(27)35)16-36-30(25)40/h7-16,19,29,36,38,40H,17-18H2,1-6H3,(H,37,43)(H,41,42)/t19-,29?/m0/s1. The molecular formula is C34H39FN4O8. The number of carboxylic acid groups (broad SMARTS) is 1. The summed E-state index contributed by atoms with van der Waals surface area (Å²) in [5.74, 6) is -2.09. The van der Waals surface area contributed by atoms with Gasteiger partial charge in [-0.2, -0.15) is 0 Å². The number of carboxylic acids is 1. The highest BCUT2D eigenvalue weighted by molar-refractivity contribution is 5.91. The van der Waals surface area contributed by atoms with E-state index in [1.807, 2.05) is 13.0 Å². The van der Waals surface area contributed by atoms with Gasteiger partial charge in [-0.25, -0.2) is 18.8 Å². The third-order valence-electron chi connectivity index (χ3n) is 7.19. The third-order valence-corrected chi connectivity index (χ3v) is 7.19. The number of aromatic amines is 1. The molecule has 1 aromatic heterocycles. The molecule has 47 heavy (non-hydrogen) atoms. The number of nitrogens with one attached hydrogen (secondary N) is 3. The molecule has 4 rings (SSSR count). The summed E-state index contributed by atoms with van der Waals surface area (Å²) < 4.78 is 31.2. The van der Waals surface area contributed by atoms with Crippen molar-refractivity contribution in [2.24, 2.45) is 0 Å². The van der Waals surface area contributed by atoms with E-state index in [4.69, 9.17) is 14.2 Å². The lowest BCUT2D eigenvalue weighted by Crippen LogP contribution is -2.33. The van der Waals surface area contributed by atoms with Crippen molar-refractivity contribution in [3.8, 4) is 11.6 Å². The molecule has 4 aromatic rings. The summed E-state index contributed by atoms with van der Waals surface area (Å²) in [6.07, 6.45) is 0.289. The number of aromatic nitrogens is 1. The summed E-state index contributed by atoms with van der Waals surface area (Å²) in [6, 6.07) is 12.9. The molecule has 3 aromatic carbocycles. The molecule has 13 heteroatoms. The Morgan fingerprint density at radius 2 is 1.83 bits per heavy atom. The Balaban J connectivity index is 1.39. The second-order valence-electron chi connectivity index (χ2n) is 12.1. The molecule has 1 heterocycles. The molecular weight excluding hydrogens is 611 g/mol. The molecule has 0 aliphatic rings. The van der Waals surface area contributed by atoms with Crippen LogP contribution in [0.2, 0.25) is 0 Å². The second kappa shape index (κ2) is 14.3. The van der Waals surface area contributed by atoms with Crippen LogP contribution in [-0.4, -0.2) is 64.6 Å². The molecule has 5 N–H and O–H groups in total. The molecule has 1 unspecified atom stereocenters. The first-order valence-electron chi connectivity index (χ1n) is 14.8. The van der Waals surface area contributed by atoms with Crippen LogP contribution in [0.4, 0.5) is 25.4 Å². The summed E-state index contributed by atoms with van der Waals surface area (Å²) in [6.45, 7) is 7.44. The highest BCUT2D eigenvalue weighted by Crippen LogP contribution is 2.34. The maximum absolute atomic E-state index is 14.8. The Morgan fingerprint density at radius 3 is 2.51 bits per heavy atom. The number of benzene rings is 3. The molecule has 0 radical (unpaired) electrons. The van der Waals surface area contributed by atoms with Crippen LogP contribution in [0.5, 0.6) is 11.6 Å². The number of amides is 2. The van der Waals surface area contributed by atoms with Gasteiger partial charge in [0, 0.05) is 47.7 Å². The largest absolute Gasteiger partial charge is 0.496 e. The number of hydrogen-bond donors (Lipinski definition) is 5. The van der Waals surface area contributed by atoms with Gasteiger partial charge in [0.1, 0.15) is 17.2 Å². The number of aliphatic carboxylic acids is 1. The number of ether oxygens (including phenoxy) is 3. The van der Waals surface area contributed by atoms with E-state index in [1.54, 1.807) is 58.2 Å². The zero-order chi connectivity index (χ0) is 34.5. The highest BCUT2D eigenvalue weighted by atomic mass is 19.1. The topological polar surface area (TPSA) is 162 Å². The lowest BCUT2D eigenvalue weighted by Gasteiger charge is -2.24. The van der Waals surface area contributed by atoms with Crippen molar-refractivity contribution in [1.82, 2.24) is 9.88 Å². The van der Waals surface area contributed by atoms with E-state index in [9.17, 15) is 29.0 Å². The number of fused-ring (bicyclic) bond motifs is 1. The van der Waals surface area contributed by atoms with E-state index in [0.717, 1.165) is 5.56 Å². The van der Waals surface area contributed by atoms with Crippen molar-refractivity contribution in [3.05, 3.63) is 83.3 Å². The highest BCUT2D eigenvalue weighted by Gasteiger charge is 2.25. The Hall–Kier alpha value is -5.46. The average Bonchev–Trinajstić information content (AvgIpc) is 3.36. The number of carbonyl (C=O) groups is 3. The van der Waals surface area contributed by atoms with Crippen LogP contribution < -0.4 is 15.4 Å².